The minimum absolute atomic E-state index is 0.177. The molecule has 0 bridgehead atoms. The van der Waals surface area contributed by atoms with E-state index < -0.39 is 20.2 Å². The number of hydrogen-bond donors (Lipinski definition) is 3. The van der Waals surface area contributed by atoms with Crippen LogP contribution in [0, 0.1) is 6.92 Å². The van der Waals surface area contributed by atoms with Crippen molar-refractivity contribution in [3.05, 3.63) is 60.3 Å². The summed E-state index contributed by atoms with van der Waals surface area (Å²) in [4.78, 5) is 3.73. The Bertz CT molecular complexity index is 1930. The SMILES string of the molecule is Cc1nn(-c2ccc3ccc(S(=O)(=O)O)cc3c2)c(N)c1/N=N/c1nc2cc(S(=O)(=O)O)ccc2s1. The third-order valence-corrected chi connectivity index (χ3v) is 7.90. The van der Waals surface area contributed by atoms with Gasteiger partial charge in [0.15, 0.2) is 11.5 Å². The smallest absolute Gasteiger partial charge is 0.294 e. The maximum Gasteiger partial charge on any atom is 0.294 e. The van der Waals surface area contributed by atoms with Crippen LogP contribution >= 0.6 is 11.3 Å². The highest BCUT2D eigenvalue weighted by molar-refractivity contribution is 7.86. The molecule has 5 rings (SSSR count). The maximum absolute atomic E-state index is 11.5. The Kier molecular flexibility index (Phi) is 5.60. The van der Waals surface area contributed by atoms with Crippen LogP contribution in [0.4, 0.5) is 16.6 Å². The van der Waals surface area contributed by atoms with Gasteiger partial charge in [0.2, 0.25) is 5.13 Å². The molecule has 12 nitrogen and oxygen atoms in total. The van der Waals surface area contributed by atoms with Crippen molar-refractivity contribution in [2.75, 3.05) is 5.73 Å². The minimum atomic E-state index is -4.36. The molecule has 0 saturated carbocycles. The van der Waals surface area contributed by atoms with Gasteiger partial charge in [0.05, 0.1) is 31.4 Å². The molecule has 3 aromatic carbocycles. The summed E-state index contributed by atoms with van der Waals surface area (Å²) < 4.78 is 66.3. The van der Waals surface area contributed by atoms with Gasteiger partial charge < -0.3 is 5.73 Å². The van der Waals surface area contributed by atoms with Gasteiger partial charge in [0, 0.05) is 0 Å². The first-order valence-corrected chi connectivity index (χ1v) is 13.8. The van der Waals surface area contributed by atoms with Crippen LogP contribution in [0.1, 0.15) is 5.69 Å². The van der Waals surface area contributed by atoms with Crippen molar-refractivity contribution in [2.24, 2.45) is 10.2 Å². The van der Waals surface area contributed by atoms with Gasteiger partial charge in [0.1, 0.15) is 0 Å². The molecule has 0 saturated heterocycles. The van der Waals surface area contributed by atoms with Crippen molar-refractivity contribution in [1.82, 2.24) is 14.8 Å². The van der Waals surface area contributed by atoms with Gasteiger partial charge in [-0.1, -0.05) is 23.5 Å². The van der Waals surface area contributed by atoms with Gasteiger partial charge in [-0.15, -0.1) is 10.2 Å². The molecule has 0 radical (unpaired) electrons. The molecule has 0 unspecified atom stereocenters. The molecule has 5 aromatic rings. The molecule has 0 fully saturated rings. The van der Waals surface area contributed by atoms with Gasteiger partial charge in [-0.25, -0.2) is 9.67 Å². The average Bonchev–Trinajstić information content (AvgIpc) is 3.35. The zero-order valence-electron chi connectivity index (χ0n) is 18.3. The van der Waals surface area contributed by atoms with Crippen LogP contribution in [-0.4, -0.2) is 40.7 Å². The molecule has 0 aliphatic rings. The van der Waals surface area contributed by atoms with E-state index in [1.54, 1.807) is 31.2 Å². The van der Waals surface area contributed by atoms with Crippen molar-refractivity contribution in [3.63, 3.8) is 0 Å². The Morgan fingerprint density at radius 1 is 0.889 bits per heavy atom. The first-order valence-electron chi connectivity index (χ1n) is 10.1. The number of hydrogen-bond acceptors (Lipinski definition) is 10. The van der Waals surface area contributed by atoms with E-state index >= 15 is 0 Å². The lowest BCUT2D eigenvalue weighted by Crippen LogP contribution is -2.02. The molecule has 0 aliphatic carbocycles. The fourth-order valence-corrected chi connectivity index (χ4v) is 5.34. The number of aryl methyl sites for hydroxylation is 1. The summed E-state index contributed by atoms with van der Waals surface area (Å²) in [6.45, 7) is 1.69. The van der Waals surface area contributed by atoms with Crippen molar-refractivity contribution in [2.45, 2.75) is 16.7 Å². The van der Waals surface area contributed by atoms with Crippen LogP contribution in [0.5, 0.6) is 0 Å². The second-order valence-electron chi connectivity index (χ2n) is 7.70. The molecule has 4 N–H and O–H groups in total. The van der Waals surface area contributed by atoms with Crippen LogP contribution in [0.25, 0.3) is 26.7 Å². The number of thiazole rings is 1. The van der Waals surface area contributed by atoms with Crippen LogP contribution in [0.3, 0.4) is 0 Å². The molecule has 184 valence electrons. The van der Waals surface area contributed by atoms with E-state index in [-0.39, 0.29) is 20.7 Å². The van der Waals surface area contributed by atoms with Gasteiger partial charge in [-0.3, -0.25) is 9.11 Å². The van der Waals surface area contributed by atoms with Gasteiger partial charge >= 0.3 is 0 Å². The monoisotopic (exact) mass is 544 g/mol. The van der Waals surface area contributed by atoms with Crippen LogP contribution < -0.4 is 5.73 Å². The lowest BCUT2D eigenvalue weighted by molar-refractivity contribution is 0.481. The predicted octanol–water partition coefficient (Wildman–Crippen LogP) is 4.43. The number of fused-ring (bicyclic) bond motifs is 2. The quantitative estimate of drug-likeness (QED) is 0.212. The van der Waals surface area contributed by atoms with Gasteiger partial charge in [-0.05, 0) is 60.2 Å². The number of azo groups is 1. The van der Waals surface area contributed by atoms with E-state index in [0.29, 0.717) is 32.7 Å². The normalized spacial score (nSPS) is 12.8. The molecule has 15 heteroatoms. The molecule has 36 heavy (non-hydrogen) atoms. The summed E-state index contributed by atoms with van der Waals surface area (Å²) in [6, 6.07) is 13.5. The van der Waals surface area contributed by atoms with E-state index in [4.69, 9.17) is 5.73 Å². The van der Waals surface area contributed by atoms with Crippen LogP contribution in [0.2, 0.25) is 0 Å². The summed E-state index contributed by atoms with van der Waals surface area (Å²) in [7, 11) is -8.72. The first kappa shape index (κ1) is 24.0. The molecular formula is C21H16N6O6S3. The number of anilines is 1. The zero-order valence-corrected chi connectivity index (χ0v) is 20.7. The highest BCUT2D eigenvalue weighted by Gasteiger charge is 2.16. The second kappa shape index (κ2) is 8.42. The summed E-state index contributed by atoms with van der Waals surface area (Å²) in [5, 5.41) is 14.3. The predicted molar refractivity (Wildman–Crippen MR) is 134 cm³/mol. The van der Waals surface area contributed by atoms with E-state index in [9.17, 15) is 25.9 Å². The van der Waals surface area contributed by atoms with E-state index in [0.717, 1.165) is 5.39 Å². The Morgan fingerprint density at radius 3 is 2.28 bits per heavy atom. The highest BCUT2D eigenvalue weighted by Crippen LogP contribution is 2.34. The van der Waals surface area contributed by atoms with Crippen LogP contribution in [0.15, 0.2) is 74.6 Å². The van der Waals surface area contributed by atoms with Crippen LogP contribution in [-0.2, 0) is 20.2 Å². The fraction of sp³-hybridized carbons (Fsp3) is 0.0476. The molecular weight excluding hydrogens is 528 g/mol. The summed E-state index contributed by atoms with van der Waals surface area (Å²) in [5.74, 6) is 0.177. The van der Waals surface area contributed by atoms with Gasteiger partial charge in [-0.2, -0.15) is 21.9 Å². The fourth-order valence-electron chi connectivity index (χ4n) is 3.55. The average molecular weight is 545 g/mol. The van der Waals surface area contributed by atoms with E-state index in [2.05, 4.69) is 20.3 Å². The third-order valence-electron chi connectivity index (χ3n) is 5.28. The Morgan fingerprint density at radius 2 is 1.56 bits per heavy atom. The molecule has 2 heterocycles. The lowest BCUT2D eigenvalue weighted by Gasteiger charge is -2.07. The molecule has 0 amide bonds. The van der Waals surface area contributed by atoms with Crippen molar-refractivity contribution in [3.8, 4) is 5.69 Å². The zero-order chi connectivity index (χ0) is 25.8. The highest BCUT2D eigenvalue weighted by atomic mass is 32.2. The number of aromatic nitrogens is 3. The van der Waals surface area contributed by atoms with Gasteiger partial charge in [0.25, 0.3) is 20.2 Å². The van der Waals surface area contributed by atoms with Crippen molar-refractivity contribution in [1.29, 1.82) is 0 Å². The Labute approximate surface area is 208 Å². The number of rotatable bonds is 5. The van der Waals surface area contributed by atoms with E-state index in [1.807, 2.05) is 0 Å². The number of nitrogen functional groups attached to an aromatic ring is 1. The molecule has 2 aromatic heterocycles. The Hall–Kier alpha value is -3.76. The third kappa shape index (κ3) is 4.45. The number of nitrogens with zero attached hydrogens (tertiary/aromatic N) is 5. The molecule has 0 atom stereocenters. The summed E-state index contributed by atoms with van der Waals surface area (Å²) >= 11 is 1.17. The maximum atomic E-state index is 11.5. The number of nitrogens with two attached hydrogens (primary N) is 1. The summed E-state index contributed by atoms with van der Waals surface area (Å²) in [5.41, 5.74) is 7.92. The first-order chi connectivity index (χ1) is 16.9. The lowest BCUT2D eigenvalue weighted by atomic mass is 10.1. The Balaban J connectivity index is 1.50. The molecule has 0 spiro atoms. The number of benzene rings is 3. The second-order valence-corrected chi connectivity index (χ2v) is 11.6. The summed E-state index contributed by atoms with van der Waals surface area (Å²) in [6.07, 6.45) is 0. The standard InChI is InChI=1S/C21H16N6O6S3/c1-11-19(24-25-21-23-17-10-16(36(31,32)33)6-7-18(17)34-21)20(22)27(26-11)14-4-2-12-3-5-15(35(28,29)30)9-13(12)8-14/h2-10H,22H2,1H3,(H,28,29,30)(H,31,32,33)/b25-24+. The minimum Gasteiger partial charge on any atom is -0.382 e. The van der Waals surface area contributed by atoms with Crippen molar-refractivity contribution < 1.29 is 25.9 Å². The largest absolute Gasteiger partial charge is 0.382 e. The van der Waals surface area contributed by atoms with E-state index in [1.165, 1.54) is 46.4 Å². The topological polar surface area (TPSA) is 190 Å². The molecule has 0 aliphatic heterocycles. The van der Waals surface area contributed by atoms with Crippen molar-refractivity contribution >= 4 is 69.2 Å².